The normalized spacial score (nSPS) is 22.1. The van der Waals surface area contributed by atoms with Crippen LogP contribution in [0.1, 0.15) is 26.7 Å². The highest BCUT2D eigenvalue weighted by molar-refractivity contribution is 5.78. The summed E-state index contributed by atoms with van der Waals surface area (Å²) in [6.07, 6.45) is 2.18. The zero-order valence-electron chi connectivity index (χ0n) is 10.8. The second-order valence-electron chi connectivity index (χ2n) is 4.46. The number of nitrogens with one attached hydrogen (secondary N) is 2. The summed E-state index contributed by atoms with van der Waals surface area (Å²) in [5, 5.41) is 6.03. The summed E-state index contributed by atoms with van der Waals surface area (Å²) in [6, 6.07) is 0.253. The summed E-state index contributed by atoms with van der Waals surface area (Å²) in [5.74, 6) is 0.0441. The van der Waals surface area contributed by atoms with Crippen LogP contribution in [0, 0.1) is 0 Å². The van der Waals surface area contributed by atoms with E-state index < -0.39 is 0 Å². The molecular formula is C12H24N2O3. The quantitative estimate of drug-likeness (QED) is 0.676. The number of carbonyl (C=O) groups excluding carboxylic acids is 1. The fourth-order valence-electron chi connectivity index (χ4n) is 1.83. The Labute approximate surface area is 103 Å². The fraction of sp³-hybridized carbons (Fsp3) is 0.917. The van der Waals surface area contributed by atoms with Crippen molar-refractivity contribution >= 4 is 5.91 Å². The minimum Gasteiger partial charge on any atom is -0.376 e. The molecule has 0 aliphatic carbocycles. The maximum atomic E-state index is 11.5. The molecule has 0 saturated carbocycles. The Morgan fingerprint density at radius 1 is 1.47 bits per heavy atom. The van der Waals surface area contributed by atoms with Gasteiger partial charge in [0.2, 0.25) is 5.91 Å². The first-order valence-electron chi connectivity index (χ1n) is 6.41. The van der Waals surface area contributed by atoms with Crippen molar-refractivity contribution in [1.82, 2.24) is 10.6 Å². The van der Waals surface area contributed by atoms with Gasteiger partial charge in [0.25, 0.3) is 0 Å². The Morgan fingerprint density at radius 3 is 2.94 bits per heavy atom. The van der Waals surface area contributed by atoms with Crippen LogP contribution < -0.4 is 10.6 Å². The zero-order chi connectivity index (χ0) is 12.5. The minimum atomic E-state index is 0.0441. The largest absolute Gasteiger partial charge is 0.376 e. The third-order valence-electron chi connectivity index (χ3n) is 2.67. The summed E-state index contributed by atoms with van der Waals surface area (Å²) >= 11 is 0. The fourth-order valence-corrected chi connectivity index (χ4v) is 1.83. The molecule has 5 nitrogen and oxygen atoms in total. The van der Waals surface area contributed by atoms with Gasteiger partial charge < -0.3 is 20.1 Å². The average molecular weight is 244 g/mol. The van der Waals surface area contributed by atoms with Gasteiger partial charge in [-0.3, -0.25) is 4.79 Å². The van der Waals surface area contributed by atoms with Crippen LogP contribution in [0.25, 0.3) is 0 Å². The Bertz CT molecular complexity index is 218. The molecule has 1 heterocycles. The zero-order valence-corrected chi connectivity index (χ0v) is 10.8. The monoisotopic (exact) mass is 244 g/mol. The number of amides is 1. The first-order chi connectivity index (χ1) is 8.22. The van der Waals surface area contributed by atoms with Crippen molar-refractivity contribution in [3.63, 3.8) is 0 Å². The minimum absolute atomic E-state index is 0.0441. The van der Waals surface area contributed by atoms with Gasteiger partial charge in [-0.15, -0.1) is 0 Å². The van der Waals surface area contributed by atoms with Gasteiger partial charge in [0, 0.05) is 12.6 Å². The van der Waals surface area contributed by atoms with Gasteiger partial charge in [0.1, 0.15) is 0 Å². The van der Waals surface area contributed by atoms with E-state index in [2.05, 4.69) is 17.6 Å². The average Bonchev–Trinajstić information content (AvgIpc) is 2.30. The van der Waals surface area contributed by atoms with Crippen LogP contribution in [0.5, 0.6) is 0 Å². The van der Waals surface area contributed by atoms with Crippen molar-refractivity contribution in [3.8, 4) is 0 Å². The van der Waals surface area contributed by atoms with Gasteiger partial charge >= 0.3 is 0 Å². The van der Waals surface area contributed by atoms with Gasteiger partial charge in [-0.05, 0) is 13.3 Å². The van der Waals surface area contributed by atoms with Crippen molar-refractivity contribution in [3.05, 3.63) is 0 Å². The molecule has 100 valence electrons. The molecule has 1 aliphatic heterocycles. The van der Waals surface area contributed by atoms with Crippen LogP contribution in [0.2, 0.25) is 0 Å². The topological polar surface area (TPSA) is 59.6 Å². The molecule has 1 fully saturated rings. The van der Waals surface area contributed by atoms with Crippen molar-refractivity contribution in [1.29, 1.82) is 0 Å². The van der Waals surface area contributed by atoms with Gasteiger partial charge in [-0.2, -0.15) is 0 Å². The van der Waals surface area contributed by atoms with Crippen molar-refractivity contribution in [2.45, 2.75) is 38.8 Å². The summed E-state index contributed by atoms with van der Waals surface area (Å²) in [4.78, 5) is 11.5. The summed E-state index contributed by atoms with van der Waals surface area (Å²) < 4.78 is 10.7. The molecular weight excluding hydrogens is 220 g/mol. The van der Waals surface area contributed by atoms with Crippen LogP contribution in [-0.2, 0) is 14.3 Å². The van der Waals surface area contributed by atoms with Gasteiger partial charge in [0.15, 0.2) is 0 Å². The number of ether oxygens (including phenoxy) is 2. The third-order valence-corrected chi connectivity index (χ3v) is 2.67. The highest BCUT2D eigenvalue weighted by Crippen LogP contribution is 1.98. The molecule has 1 rings (SSSR count). The molecule has 0 aromatic heterocycles. The second-order valence-corrected chi connectivity index (χ2v) is 4.46. The lowest BCUT2D eigenvalue weighted by atomic mass is 10.2. The molecule has 17 heavy (non-hydrogen) atoms. The standard InChI is InChI=1S/C12H24N2O3/c1-3-4-10(2)14-12(15)8-13-7-11-9-16-5-6-17-11/h10-11,13H,3-9H2,1-2H3,(H,14,15). The predicted octanol–water partition coefficient (Wildman–Crippen LogP) is 0.296. The van der Waals surface area contributed by atoms with Crippen LogP contribution >= 0.6 is 0 Å². The molecule has 2 unspecified atom stereocenters. The van der Waals surface area contributed by atoms with Crippen molar-refractivity contribution < 1.29 is 14.3 Å². The number of hydrogen-bond acceptors (Lipinski definition) is 4. The van der Waals surface area contributed by atoms with E-state index in [1.165, 1.54) is 0 Å². The molecule has 0 aromatic carbocycles. The maximum absolute atomic E-state index is 11.5. The van der Waals surface area contributed by atoms with Gasteiger partial charge in [0.05, 0.1) is 32.5 Å². The molecule has 1 saturated heterocycles. The van der Waals surface area contributed by atoms with Crippen LogP contribution in [0.15, 0.2) is 0 Å². The molecule has 0 aromatic rings. The molecule has 0 bridgehead atoms. The van der Waals surface area contributed by atoms with E-state index in [0.29, 0.717) is 32.9 Å². The van der Waals surface area contributed by atoms with Crippen LogP contribution in [0.3, 0.4) is 0 Å². The summed E-state index contributed by atoms with van der Waals surface area (Å²) in [6.45, 7) is 7.07. The molecule has 0 radical (unpaired) electrons. The van der Waals surface area contributed by atoms with E-state index in [1.807, 2.05) is 6.92 Å². The lowest BCUT2D eigenvalue weighted by Crippen LogP contribution is -2.43. The highest BCUT2D eigenvalue weighted by Gasteiger charge is 2.14. The third kappa shape index (κ3) is 6.61. The highest BCUT2D eigenvalue weighted by atomic mass is 16.6. The Hall–Kier alpha value is -0.650. The van der Waals surface area contributed by atoms with E-state index in [9.17, 15) is 4.79 Å². The molecule has 5 heteroatoms. The number of carbonyl (C=O) groups is 1. The van der Waals surface area contributed by atoms with E-state index in [0.717, 1.165) is 12.8 Å². The van der Waals surface area contributed by atoms with Gasteiger partial charge in [-0.25, -0.2) is 0 Å². The first kappa shape index (κ1) is 14.4. The van der Waals surface area contributed by atoms with E-state index >= 15 is 0 Å². The van der Waals surface area contributed by atoms with Crippen LogP contribution in [0.4, 0.5) is 0 Å². The Morgan fingerprint density at radius 2 is 2.29 bits per heavy atom. The summed E-state index contributed by atoms with van der Waals surface area (Å²) in [7, 11) is 0. The Balaban J connectivity index is 2.03. The van der Waals surface area contributed by atoms with Crippen molar-refractivity contribution in [2.24, 2.45) is 0 Å². The molecule has 1 aliphatic rings. The lowest BCUT2D eigenvalue weighted by Gasteiger charge is -2.23. The predicted molar refractivity (Wildman–Crippen MR) is 65.9 cm³/mol. The first-order valence-corrected chi connectivity index (χ1v) is 6.41. The molecule has 2 N–H and O–H groups in total. The van der Waals surface area contributed by atoms with Crippen LogP contribution in [-0.4, -0.2) is 51.0 Å². The second kappa shape index (κ2) is 8.44. The lowest BCUT2D eigenvalue weighted by molar-refractivity contribution is -0.121. The smallest absolute Gasteiger partial charge is 0.234 e. The summed E-state index contributed by atoms with van der Waals surface area (Å²) in [5.41, 5.74) is 0. The number of hydrogen-bond donors (Lipinski definition) is 2. The van der Waals surface area contributed by atoms with Gasteiger partial charge in [-0.1, -0.05) is 13.3 Å². The molecule has 2 atom stereocenters. The van der Waals surface area contributed by atoms with E-state index in [4.69, 9.17) is 9.47 Å². The maximum Gasteiger partial charge on any atom is 0.234 e. The SMILES string of the molecule is CCCC(C)NC(=O)CNCC1COCCO1. The molecule has 1 amide bonds. The Kier molecular flexibility index (Phi) is 7.16. The van der Waals surface area contributed by atoms with Crippen molar-refractivity contribution in [2.75, 3.05) is 32.9 Å². The number of rotatable bonds is 7. The molecule has 0 spiro atoms. The van der Waals surface area contributed by atoms with E-state index in [-0.39, 0.29) is 18.1 Å². The van der Waals surface area contributed by atoms with E-state index in [1.54, 1.807) is 0 Å².